The molecule has 1 aliphatic rings. The standard InChI is InChI=1S/C29H30N4S/c1-19-11-10-15-26(21(19)3)33-20(2)17-24(22(33)4)28-27(25-14-8-9-16-30-25)31-29(34)32(28)18-23-12-6-5-7-13-23/h5-17,27-28H,18H2,1-4H3,(H,31,34)/t27-,28-/m0/s1. The molecule has 0 bridgehead atoms. The van der Waals surface area contributed by atoms with Crippen molar-refractivity contribution in [2.45, 2.75) is 46.3 Å². The lowest BCUT2D eigenvalue weighted by Gasteiger charge is -2.28. The predicted octanol–water partition coefficient (Wildman–Crippen LogP) is 6.28. The number of pyridine rings is 1. The van der Waals surface area contributed by atoms with Crippen molar-refractivity contribution in [3.8, 4) is 5.69 Å². The number of hydrogen-bond acceptors (Lipinski definition) is 2. The first-order valence-corrected chi connectivity index (χ1v) is 12.1. The Bertz CT molecular complexity index is 1330. The maximum atomic E-state index is 5.89. The van der Waals surface area contributed by atoms with Gasteiger partial charge >= 0.3 is 0 Å². The van der Waals surface area contributed by atoms with Gasteiger partial charge in [-0.15, -0.1) is 0 Å². The number of hydrogen-bond donors (Lipinski definition) is 1. The highest BCUT2D eigenvalue weighted by molar-refractivity contribution is 7.80. The van der Waals surface area contributed by atoms with Crippen LogP contribution in [-0.4, -0.2) is 19.6 Å². The maximum Gasteiger partial charge on any atom is 0.170 e. The van der Waals surface area contributed by atoms with Gasteiger partial charge in [-0.05, 0) is 86.4 Å². The highest BCUT2D eigenvalue weighted by Gasteiger charge is 2.41. The van der Waals surface area contributed by atoms with Crippen LogP contribution in [0.1, 0.15) is 51.4 Å². The van der Waals surface area contributed by atoms with E-state index in [1.54, 1.807) is 0 Å². The summed E-state index contributed by atoms with van der Waals surface area (Å²) in [6, 6.07) is 25.5. The number of nitrogens with zero attached hydrogens (tertiary/aromatic N) is 3. The van der Waals surface area contributed by atoms with Crippen LogP contribution in [0.4, 0.5) is 0 Å². The van der Waals surface area contributed by atoms with E-state index in [1.165, 1.54) is 39.3 Å². The molecule has 5 rings (SSSR count). The largest absolute Gasteiger partial charge is 0.352 e. The van der Waals surface area contributed by atoms with Gasteiger partial charge in [-0.25, -0.2) is 0 Å². The molecule has 0 unspecified atom stereocenters. The number of thiocarbonyl (C=S) groups is 1. The van der Waals surface area contributed by atoms with Crippen molar-refractivity contribution in [1.29, 1.82) is 0 Å². The van der Waals surface area contributed by atoms with Gasteiger partial charge in [-0.1, -0.05) is 48.5 Å². The SMILES string of the molecule is Cc1cccc(-n2c(C)cc([C@H]3[C@H](c4ccccn4)NC(=S)N3Cc3ccccc3)c2C)c1C. The molecule has 172 valence electrons. The molecule has 0 amide bonds. The predicted molar refractivity (Wildman–Crippen MR) is 142 cm³/mol. The summed E-state index contributed by atoms with van der Waals surface area (Å²) >= 11 is 5.89. The van der Waals surface area contributed by atoms with Crippen molar-refractivity contribution in [1.82, 2.24) is 19.8 Å². The topological polar surface area (TPSA) is 33.1 Å². The van der Waals surface area contributed by atoms with E-state index in [9.17, 15) is 0 Å². The fourth-order valence-corrected chi connectivity index (χ4v) is 5.44. The molecule has 2 aromatic heterocycles. The normalized spacial score (nSPS) is 17.8. The zero-order valence-electron chi connectivity index (χ0n) is 20.1. The van der Waals surface area contributed by atoms with E-state index < -0.39 is 0 Å². The van der Waals surface area contributed by atoms with Crippen LogP contribution < -0.4 is 5.32 Å². The summed E-state index contributed by atoms with van der Waals surface area (Å²) in [7, 11) is 0. The van der Waals surface area contributed by atoms with Crippen LogP contribution in [0.25, 0.3) is 5.69 Å². The summed E-state index contributed by atoms with van der Waals surface area (Å²) < 4.78 is 2.38. The van der Waals surface area contributed by atoms with Crippen LogP contribution in [0.3, 0.4) is 0 Å². The zero-order chi connectivity index (χ0) is 23.8. The molecule has 2 aromatic carbocycles. The molecule has 1 saturated heterocycles. The second-order valence-electron chi connectivity index (χ2n) is 9.12. The van der Waals surface area contributed by atoms with E-state index in [0.717, 1.165) is 17.4 Å². The number of nitrogens with one attached hydrogen (secondary N) is 1. The molecule has 2 atom stereocenters. The summed E-state index contributed by atoms with van der Waals surface area (Å²) in [5.74, 6) is 0. The van der Waals surface area contributed by atoms with Crippen molar-refractivity contribution in [3.05, 3.63) is 118 Å². The monoisotopic (exact) mass is 466 g/mol. The van der Waals surface area contributed by atoms with Crippen LogP contribution in [0.15, 0.2) is 79.0 Å². The summed E-state index contributed by atoms with van der Waals surface area (Å²) in [4.78, 5) is 7.02. The Morgan fingerprint density at radius 1 is 0.912 bits per heavy atom. The molecule has 4 nitrogen and oxygen atoms in total. The maximum absolute atomic E-state index is 5.89. The molecule has 1 N–H and O–H groups in total. The van der Waals surface area contributed by atoms with E-state index >= 15 is 0 Å². The lowest BCUT2D eigenvalue weighted by molar-refractivity contribution is 0.310. The minimum absolute atomic E-state index is 0.0232. The van der Waals surface area contributed by atoms with Crippen LogP contribution in [-0.2, 0) is 6.54 Å². The number of rotatable bonds is 5. The first-order valence-electron chi connectivity index (χ1n) is 11.7. The lowest BCUT2D eigenvalue weighted by atomic mass is 9.96. The van der Waals surface area contributed by atoms with Crippen LogP contribution in [0, 0.1) is 27.7 Å². The Balaban J connectivity index is 1.64. The molecule has 0 radical (unpaired) electrons. The molecule has 0 aliphatic carbocycles. The minimum Gasteiger partial charge on any atom is -0.352 e. The molecule has 3 heterocycles. The van der Waals surface area contributed by atoms with Crippen LogP contribution in [0.5, 0.6) is 0 Å². The lowest BCUT2D eigenvalue weighted by Crippen LogP contribution is -2.29. The Labute approximate surface area is 207 Å². The zero-order valence-corrected chi connectivity index (χ0v) is 20.9. The highest BCUT2D eigenvalue weighted by atomic mass is 32.1. The molecule has 0 spiro atoms. The molecule has 5 heteroatoms. The van der Waals surface area contributed by atoms with Gasteiger partial charge in [0.25, 0.3) is 0 Å². The van der Waals surface area contributed by atoms with E-state index in [4.69, 9.17) is 17.2 Å². The van der Waals surface area contributed by atoms with Gasteiger partial charge in [-0.3, -0.25) is 4.98 Å². The summed E-state index contributed by atoms with van der Waals surface area (Å²) in [5, 5.41) is 4.36. The van der Waals surface area contributed by atoms with Gasteiger partial charge in [-0.2, -0.15) is 0 Å². The number of aromatic nitrogens is 2. The minimum atomic E-state index is -0.0232. The average Bonchev–Trinajstić information content (AvgIpc) is 3.32. The molecule has 0 saturated carbocycles. The summed E-state index contributed by atoms with van der Waals surface area (Å²) in [6.07, 6.45) is 1.86. The number of aryl methyl sites for hydroxylation is 2. The Kier molecular flexibility index (Phi) is 5.96. The van der Waals surface area contributed by atoms with Crippen molar-refractivity contribution in [3.63, 3.8) is 0 Å². The Morgan fingerprint density at radius 3 is 2.41 bits per heavy atom. The van der Waals surface area contributed by atoms with Crippen molar-refractivity contribution >= 4 is 17.3 Å². The molecule has 1 aliphatic heterocycles. The third kappa shape index (κ3) is 3.90. The first-order chi connectivity index (χ1) is 16.5. The fourth-order valence-electron chi connectivity index (χ4n) is 5.13. The van der Waals surface area contributed by atoms with E-state index in [0.29, 0.717) is 0 Å². The smallest absolute Gasteiger partial charge is 0.170 e. The van der Waals surface area contributed by atoms with Gasteiger partial charge in [0.2, 0.25) is 0 Å². The van der Waals surface area contributed by atoms with Gasteiger partial charge < -0.3 is 14.8 Å². The molecular formula is C29H30N4S. The van der Waals surface area contributed by atoms with Gasteiger partial charge in [0.1, 0.15) is 0 Å². The van der Waals surface area contributed by atoms with Gasteiger partial charge in [0.15, 0.2) is 5.11 Å². The van der Waals surface area contributed by atoms with Crippen molar-refractivity contribution in [2.75, 3.05) is 0 Å². The van der Waals surface area contributed by atoms with E-state index in [1.807, 2.05) is 18.3 Å². The number of benzene rings is 2. The second kappa shape index (κ2) is 9.07. The summed E-state index contributed by atoms with van der Waals surface area (Å²) in [5.41, 5.74) is 9.81. The third-order valence-corrected chi connectivity index (χ3v) is 7.35. The van der Waals surface area contributed by atoms with Crippen LogP contribution >= 0.6 is 12.2 Å². The molecule has 1 fully saturated rings. The first kappa shape index (κ1) is 22.4. The molecular weight excluding hydrogens is 436 g/mol. The Hall–Kier alpha value is -3.44. The second-order valence-corrected chi connectivity index (χ2v) is 9.51. The molecule has 4 aromatic rings. The van der Waals surface area contributed by atoms with E-state index in [2.05, 4.69) is 103 Å². The quantitative estimate of drug-likeness (QED) is 0.351. The summed E-state index contributed by atoms with van der Waals surface area (Å²) in [6.45, 7) is 9.53. The fraction of sp³-hybridized carbons (Fsp3) is 0.241. The third-order valence-electron chi connectivity index (χ3n) is 7.00. The van der Waals surface area contributed by atoms with Gasteiger partial charge in [0.05, 0.1) is 17.8 Å². The average molecular weight is 467 g/mol. The van der Waals surface area contributed by atoms with E-state index in [-0.39, 0.29) is 12.1 Å². The Morgan fingerprint density at radius 2 is 1.68 bits per heavy atom. The van der Waals surface area contributed by atoms with Crippen molar-refractivity contribution in [2.24, 2.45) is 0 Å². The van der Waals surface area contributed by atoms with Crippen LogP contribution in [0.2, 0.25) is 0 Å². The molecule has 34 heavy (non-hydrogen) atoms. The van der Waals surface area contributed by atoms with Gasteiger partial charge in [0, 0.05) is 29.8 Å². The highest BCUT2D eigenvalue weighted by Crippen LogP contribution is 2.42. The van der Waals surface area contributed by atoms with Crippen molar-refractivity contribution < 1.29 is 0 Å².